The lowest BCUT2D eigenvalue weighted by Gasteiger charge is -2.21. The second kappa shape index (κ2) is 6.52. The number of hydrogen-bond acceptors (Lipinski definition) is 5. The van der Waals surface area contributed by atoms with E-state index in [0.717, 1.165) is 38.8 Å². The summed E-state index contributed by atoms with van der Waals surface area (Å²) in [4.78, 5) is 31.5. The fourth-order valence-electron chi connectivity index (χ4n) is 3.10. The summed E-state index contributed by atoms with van der Waals surface area (Å²) in [5.74, 6) is 0.542. The maximum Gasteiger partial charge on any atom is 0.267 e. The Kier molecular flexibility index (Phi) is 4.45. The first-order valence-electron chi connectivity index (χ1n) is 8.25. The molecule has 0 aliphatic carbocycles. The van der Waals surface area contributed by atoms with Crippen molar-refractivity contribution in [1.82, 2.24) is 19.6 Å². The molecule has 1 amide bonds. The Morgan fingerprint density at radius 2 is 1.91 bits per heavy atom. The number of carbonyl (C=O) groups excluding carboxylic acids is 1. The molecule has 2 aromatic heterocycles. The van der Waals surface area contributed by atoms with Crippen molar-refractivity contribution in [2.45, 2.75) is 52.5 Å². The average molecular weight is 318 g/mol. The van der Waals surface area contributed by atoms with E-state index >= 15 is 0 Å². The summed E-state index contributed by atoms with van der Waals surface area (Å²) in [6, 6.07) is 0. The molecule has 0 atom stereocenters. The van der Waals surface area contributed by atoms with Crippen LogP contribution in [0.5, 0.6) is 0 Å². The van der Waals surface area contributed by atoms with Crippen molar-refractivity contribution in [2.75, 3.05) is 13.1 Å². The molecule has 3 heterocycles. The van der Waals surface area contributed by atoms with Gasteiger partial charge in [0.05, 0.1) is 5.69 Å². The zero-order chi connectivity index (χ0) is 16.4. The number of fused-ring (bicyclic) bond motifs is 1. The molecule has 0 spiro atoms. The van der Waals surface area contributed by atoms with E-state index in [0.29, 0.717) is 23.3 Å². The summed E-state index contributed by atoms with van der Waals surface area (Å²) >= 11 is 0. The van der Waals surface area contributed by atoms with Crippen LogP contribution >= 0.6 is 0 Å². The molecule has 0 unspecified atom stereocenters. The number of carbonyl (C=O) groups is 1. The van der Waals surface area contributed by atoms with Gasteiger partial charge in [0.25, 0.3) is 11.3 Å². The highest BCUT2D eigenvalue weighted by atomic mass is 16.5. The largest absolute Gasteiger partial charge is 0.341 e. The van der Waals surface area contributed by atoms with Crippen molar-refractivity contribution in [1.29, 1.82) is 0 Å². The summed E-state index contributed by atoms with van der Waals surface area (Å²) in [7, 11) is 0. The first-order valence-corrected chi connectivity index (χ1v) is 8.25. The van der Waals surface area contributed by atoms with E-state index in [2.05, 4.69) is 10.1 Å². The van der Waals surface area contributed by atoms with Gasteiger partial charge in [0, 0.05) is 19.5 Å². The second-order valence-electron chi connectivity index (χ2n) is 6.02. The molecule has 7 nitrogen and oxygen atoms in total. The predicted molar refractivity (Wildman–Crippen MR) is 85.2 cm³/mol. The van der Waals surface area contributed by atoms with Gasteiger partial charge >= 0.3 is 0 Å². The van der Waals surface area contributed by atoms with Crippen molar-refractivity contribution in [3.05, 3.63) is 21.9 Å². The monoisotopic (exact) mass is 318 g/mol. The normalized spacial score (nSPS) is 15.8. The van der Waals surface area contributed by atoms with Crippen molar-refractivity contribution in [2.24, 2.45) is 0 Å². The van der Waals surface area contributed by atoms with Gasteiger partial charge in [-0.3, -0.25) is 14.2 Å². The molecule has 0 bridgehead atoms. The van der Waals surface area contributed by atoms with Crippen LogP contribution in [0.25, 0.3) is 11.1 Å². The lowest BCUT2D eigenvalue weighted by Crippen LogP contribution is -2.38. The molecule has 2 aromatic rings. The van der Waals surface area contributed by atoms with Gasteiger partial charge < -0.3 is 9.42 Å². The minimum Gasteiger partial charge on any atom is -0.341 e. The SMILES string of the molecule is CCc1nc2onc(C)c2c(=O)n1CC(=O)N1CCCCCC1. The number of aromatic nitrogens is 3. The van der Waals surface area contributed by atoms with E-state index in [1.807, 2.05) is 11.8 Å². The molecule has 0 aromatic carbocycles. The van der Waals surface area contributed by atoms with Gasteiger partial charge in [-0.05, 0) is 19.8 Å². The van der Waals surface area contributed by atoms with Crippen LogP contribution in [0.4, 0.5) is 0 Å². The van der Waals surface area contributed by atoms with Crippen LogP contribution in [-0.2, 0) is 17.8 Å². The first kappa shape index (κ1) is 15.7. The highest BCUT2D eigenvalue weighted by Crippen LogP contribution is 2.14. The molecule has 124 valence electrons. The topological polar surface area (TPSA) is 81.2 Å². The van der Waals surface area contributed by atoms with Gasteiger partial charge in [-0.1, -0.05) is 24.9 Å². The number of rotatable bonds is 3. The fraction of sp³-hybridized carbons (Fsp3) is 0.625. The van der Waals surface area contributed by atoms with Crippen molar-refractivity contribution in [3.63, 3.8) is 0 Å². The smallest absolute Gasteiger partial charge is 0.267 e. The van der Waals surface area contributed by atoms with Gasteiger partial charge in [-0.25, -0.2) is 0 Å². The van der Waals surface area contributed by atoms with E-state index in [-0.39, 0.29) is 23.7 Å². The molecule has 3 rings (SSSR count). The molecule has 1 aliphatic rings. The van der Waals surface area contributed by atoms with E-state index in [4.69, 9.17) is 4.52 Å². The Balaban J connectivity index is 1.95. The van der Waals surface area contributed by atoms with Gasteiger partial charge in [0.1, 0.15) is 17.8 Å². The summed E-state index contributed by atoms with van der Waals surface area (Å²) in [6.07, 6.45) is 4.94. The van der Waals surface area contributed by atoms with E-state index < -0.39 is 0 Å². The van der Waals surface area contributed by atoms with E-state index in [9.17, 15) is 9.59 Å². The van der Waals surface area contributed by atoms with Crippen molar-refractivity contribution in [3.8, 4) is 0 Å². The summed E-state index contributed by atoms with van der Waals surface area (Å²) < 4.78 is 6.57. The predicted octanol–water partition coefficient (Wildman–Crippen LogP) is 1.66. The quantitative estimate of drug-likeness (QED) is 0.859. The zero-order valence-electron chi connectivity index (χ0n) is 13.7. The number of amides is 1. The average Bonchev–Trinajstić information content (AvgIpc) is 2.77. The van der Waals surface area contributed by atoms with Crippen LogP contribution in [0.15, 0.2) is 9.32 Å². The summed E-state index contributed by atoms with van der Waals surface area (Å²) in [6.45, 7) is 5.20. The molecular formula is C16H22N4O3. The molecule has 7 heteroatoms. The van der Waals surface area contributed by atoms with Crippen LogP contribution in [0, 0.1) is 6.92 Å². The van der Waals surface area contributed by atoms with E-state index in [1.54, 1.807) is 6.92 Å². The Morgan fingerprint density at radius 3 is 2.57 bits per heavy atom. The van der Waals surface area contributed by atoms with Gasteiger partial charge in [0.2, 0.25) is 5.91 Å². The minimum absolute atomic E-state index is 0.0149. The van der Waals surface area contributed by atoms with E-state index in [1.165, 1.54) is 4.57 Å². The van der Waals surface area contributed by atoms with Crippen LogP contribution < -0.4 is 5.56 Å². The number of nitrogens with zero attached hydrogens (tertiary/aromatic N) is 4. The number of likely N-dealkylation sites (tertiary alicyclic amines) is 1. The van der Waals surface area contributed by atoms with Gasteiger partial charge in [-0.2, -0.15) is 4.98 Å². The molecule has 0 saturated carbocycles. The molecule has 1 saturated heterocycles. The zero-order valence-corrected chi connectivity index (χ0v) is 13.7. The third-order valence-electron chi connectivity index (χ3n) is 4.41. The highest BCUT2D eigenvalue weighted by Gasteiger charge is 2.21. The van der Waals surface area contributed by atoms with Crippen molar-refractivity contribution < 1.29 is 9.32 Å². The Morgan fingerprint density at radius 1 is 1.22 bits per heavy atom. The standard InChI is InChI=1S/C16H22N4O3/c1-3-12-17-15-14(11(2)18-23-15)16(22)20(12)10-13(21)19-8-6-4-5-7-9-19/h3-10H2,1-2H3. The third-order valence-corrected chi connectivity index (χ3v) is 4.41. The maximum atomic E-state index is 12.7. The first-order chi connectivity index (χ1) is 11.1. The summed E-state index contributed by atoms with van der Waals surface area (Å²) in [5.41, 5.74) is 0.521. The highest BCUT2D eigenvalue weighted by molar-refractivity contribution is 5.78. The number of aryl methyl sites for hydroxylation is 2. The molecule has 1 aliphatic heterocycles. The van der Waals surface area contributed by atoms with Crippen molar-refractivity contribution >= 4 is 17.0 Å². The Bertz CT molecular complexity index is 769. The van der Waals surface area contributed by atoms with Gasteiger partial charge in [-0.15, -0.1) is 0 Å². The minimum atomic E-state index is -0.242. The molecular weight excluding hydrogens is 296 g/mol. The molecule has 0 N–H and O–H groups in total. The van der Waals surface area contributed by atoms with Crippen LogP contribution in [0.2, 0.25) is 0 Å². The fourth-order valence-corrected chi connectivity index (χ4v) is 3.10. The lowest BCUT2D eigenvalue weighted by atomic mass is 10.2. The summed E-state index contributed by atoms with van der Waals surface area (Å²) in [5, 5.41) is 4.17. The van der Waals surface area contributed by atoms with Crippen LogP contribution in [0.3, 0.4) is 0 Å². The maximum absolute atomic E-state index is 12.7. The van der Waals surface area contributed by atoms with Gasteiger partial charge in [0.15, 0.2) is 0 Å². The van der Waals surface area contributed by atoms with Crippen LogP contribution in [0.1, 0.15) is 44.1 Å². The number of hydrogen-bond donors (Lipinski definition) is 0. The van der Waals surface area contributed by atoms with Crippen LogP contribution in [-0.4, -0.2) is 38.6 Å². The second-order valence-corrected chi connectivity index (χ2v) is 6.02. The molecule has 23 heavy (non-hydrogen) atoms. The Labute approximate surface area is 134 Å². The lowest BCUT2D eigenvalue weighted by molar-refractivity contribution is -0.131. The Hall–Kier alpha value is -2.18. The third kappa shape index (κ3) is 3.00. The molecule has 1 fully saturated rings. The molecule has 0 radical (unpaired) electrons.